The van der Waals surface area contributed by atoms with E-state index in [9.17, 15) is 19.7 Å². The summed E-state index contributed by atoms with van der Waals surface area (Å²) in [4.78, 5) is 36.7. The molecule has 11 heteroatoms. The van der Waals surface area contributed by atoms with E-state index in [-0.39, 0.29) is 23.4 Å². The fourth-order valence-corrected chi connectivity index (χ4v) is 4.69. The number of benzene rings is 2. The number of amides is 2. The Kier molecular flexibility index (Phi) is 8.69. The molecule has 174 valence electrons. The summed E-state index contributed by atoms with van der Waals surface area (Å²) >= 11 is 3.01. The lowest BCUT2D eigenvalue weighted by atomic mass is 10.1. The number of hydrogen-bond donors (Lipinski definition) is 0. The molecule has 1 aliphatic heterocycles. The maximum absolute atomic E-state index is 12.6. The van der Waals surface area contributed by atoms with Gasteiger partial charge in [-0.25, -0.2) is 0 Å². The van der Waals surface area contributed by atoms with Crippen LogP contribution in [0.4, 0.5) is 10.5 Å². The molecule has 0 spiro atoms. The van der Waals surface area contributed by atoms with Gasteiger partial charge in [0.1, 0.15) is 6.61 Å². The normalized spacial score (nSPS) is 14.8. The maximum Gasteiger partial charge on any atom is 0.293 e. The summed E-state index contributed by atoms with van der Waals surface area (Å²) < 4.78 is 17.1. The highest BCUT2D eigenvalue weighted by Crippen LogP contribution is 2.37. The molecule has 0 atom stereocenters. The molecule has 2 aromatic carbocycles. The predicted molar refractivity (Wildman–Crippen MR) is 132 cm³/mol. The van der Waals surface area contributed by atoms with Crippen LogP contribution in [0.15, 0.2) is 41.3 Å². The predicted octanol–water partition coefficient (Wildman–Crippen LogP) is 4.86. The van der Waals surface area contributed by atoms with Crippen molar-refractivity contribution < 1.29 is 28.7 Å². The SMILES string of the molecule is COCCCN1C(=O)S/C(=C/c2cc(I)c(OCc3ccc([N+](=O)[O-])cc3)c(OC)c2)C1=O. The van der Waals surface area contributed by atoms with Gasteiger partial charge in [0.15, 0.2) is 11.5 Å². The average Bonchev–Trinajstić information content (AvgIpc) is 3.05. The van der Waals surface area contributed by atoms with Gasteiger partial charge in [0.25, 0.3) is 16.8 Å². The summed E-state index contributed by atoms with van der Waals surface area (Å²) in [7, 11) is 3.08. The highest BCUT2D eigenvalue weighted by atomic mass is 127. The van der Waals surface area contributed by atoms with E-state index in [0.717, 1.165) is 20.9 Å². The monoisotopic (exact) mass is 584 g/mol. The van der Waals surface area contributed by atoms with Gasteiger partial charge in [0.2, 0.25) is 0 Å². The summed E-state index contributed by atoms with van der Waals surface area (Å²) in [6, 6.07) is 9.67. The molecule has 0 aromatic heterocycles. The third kappa shape index (κ3) is 6.24. The van der Waals surface area contributed by atoms with Crippen LogP contribution in [0.3, 0.4) is 0 Å². The van der Waals surface area contributed by atoms with Crippen molar-refractivity contribution in [2.45, 2.75) is 13.0 Å². The summed E-state index contributed by atoms with van der Waals surface area (Å²) in [6.45, 7) is 0.980. The number of nitrogens with zero attached hydrogens (tertiary/aromatic N) is 2. The minimum absolute atomic E-state index is 0.0124. The first-order valence-corrected chi connectivity index (χ1v) is 11.7. The largest absolute Gasteiger partial charge is 0.493 e. The number of nitro benzene ring substituents is 1. The molecule has 9 nitrogen and oxygen atoms in total. The topological polar surface area (TPSA) is 108 Å². The second-order valence-corrected chi connectivity index (χ2v) is 9.08. The van der Waals surface area contributed by atoms with Crippen molar-refractivity contribution in [1.82, 2.24) is 4.90 Å². The first-order chi connectivity index (χ1) is 15.8. The van der Waals surface area contributed by atoms with Crippen molar-refractivity contribution in [2.75, 3.05) is 27.4 Å². The zero-order valence-electron chi connectivity index (χ0n) is 17.9. The molecule has 1 fully saturated rings. The number of non-ortho nitro benzene ring substituents is 1. The zero-order chi connectivity index (χ0) is 24.0. The van der Waals surface area contributed by atoms with E-state index >= 15 is 0 Å². The van der Waals surface area contributed by atoms with Crippen molar-refractivity contribution in [3.63, 3.8) is 0 Å². The fraction of sp³-hybridized carbons (Fsp3) is 0.273. The van der Waals surface area contributed by atoms with Gasteiger partial charge in [-0.3, -0.25) is 24.6 Å². The van der Waals surface area contributed by atoms with E-state index in [1.54, 1.807) is 31.4 Å². The zero-order valence-corrected chi connectivity index (χ0v) is 20.9. The Bertz CT molecular complexity index is 1090. The van der Waals surface area contributed by atoms with Crippen molar-refractivity contribution in [3.05, 3.63) is 66.1 Å². The van der Waals surface area contributed by atoms with Crippen LogP contribution in [0.2, 0.25) is 0 Å². The number of ether oxygens (including phenoxy) is 3. The number of thioether (sulfide) groups is 1. The van der Waals surface area contributed by atoms with Crippen LogP contribution in [0.5, 0.6) is 11.5 Å². The Morgan fingerprint density at radius 2 is 1.91 bits per heavy atom. The van der Waals surface area contributed by atoms with E-state index in [0.29, 0.717) is 41.5 Å². The van der Waals surface area contributed by atoms with Crippen LogP contribution in [-0.4, -0.2) is 48.3 Å². The minimum Gasteiger partial charge on any atom is -0.493 e. The molecule has 3 rings (SSSR count). The van der Waals surface area contributed by atoms with Gasteiger partial charge in [0, 0.05) is 32.4 Å². The molecule has 1 saturated heterocycles. The van der Waals surface area contributed by atoms with Gasteiger partial charge in [-0.15, -0.1) is 0 Å². The number of carbonyl (C=O) groups excluding carboxylic acids is 2. The second-order valence-electron chi connectivity index (χ2n) is 6.93. The minimum atomic E-state index is -0.455. The molecule has 0 unspecified atom stereocenters. The number of methoxy groups -OCH3 is 2. The lowest BCUT2D eigenvalue weighted by Crippen LogP contribution is -2.29. The molecule has 0 saturated carbocycles. The van der Waals surface area contributed by atoms with Gasteiger partial charge in [0.05, 0.1) is 20.5 Å². The van der Waals surface area contributed by atoms with Crippen LogP contribution in [-0.2, 0) is 16.1 Å². The number of imide groups is 1. The molecule has 0 aliphatic carbocycles. The van der Waals surface area contributed by atoms with E-state index in [2.05, 4.69) is 22.6 Å². The fourth-order valence-electron chi connectivity index (χ4n) is 3.04. The van der Waals surface area contributed by atoms with Gasteiger partial charge >= 0.3 is 0 Å². The summed E-state index contributed by atoms with van der Waals surface area (Å²) in [5.74, 6) is 0.657. The van der Waals surface area contributed by atoms with Gasteiger partial charge in [-0.1, -0.05) is 0 Å². The Labute approximate surface area is 208 Å². The van der Waals surface area contributed by atoms with Crippen LogP contribution in [0, 0.1) is 13.7 Å². The third-order valence-electron chi connectivity index (χ3n) is 4.68. The van der Waals surface area contributed by atoms with Crippen LogP contribution < -0.4 is 9.47 Å². The third-order valence-corrected chi connectivity index (χ3v) is 6.39. The van der Waals surface area contributed by atoms with Crippen molar-refractivity contribution >= 4 is 57.3 Å². The second kappa shape index (κ2) is 11.5. The molecule has 2 amide bonds. The molecule has 0 bridgehead atoms. The summed E-state index contributed by atoms with van der Waals surface area (Å²) in [5, 5.41) is 10.5. The van der Waals surface area contributed by atoms with Crippen molar-refractivity contribution in [1.29, 1.82) is 0 Å². The number of rotatable bonds is 10. The average molecular weight is 584 g/mol. The summed E-state index contributed by atoms with van der Waals surface area (Å²) in [5.41, 5.74) is 1.48. The van der Waals surface area contributed by atoms with E-state index in [1.165, 1.54) is 24.1 Å². The smallest absolute Gasteiger partial charge is 0.293 e. The molecule has 33 heavy (non-hydrogen) atoms. The van der Waals surface area contributed by atoms with Crippen molar-refractivity contribution in [3.8, 4) is 11.5 Å². The first-order valence-electron chi connectivity index (χ1n) is 9.82. The highest BCUT2D eigenvalue weighted by molar-refractivity contribution is 14.1. The van der Waals surface area contributed by atoms with E-state index in [4.69, 9.17) is 14.2 Å². The van der Waals surface area contributed by atoms with Gasteiger partial charge < -0.3 is 14.2 Å². The highest BCUT2D eigenvalue weighted by Gasteiger charge is 2.34. The Balaban J connectivity index is 1.75. The molecule has 0 N–H and O–H groups in total. The molecular formula is C22H21IN2O7S. The lowest BCUT2D eigenvalue weighted by molar-refractivity contribution is -0.384. The quantitative estimate of drug-likeness (QED) is 0.128. The van der Waals surface area contributed by atoms with E-state index < -0.39 is 4.92 Å². The Hall–Kier alpha value is -2.64. The van der Waals surface area contributed by atoms with Crippen LogP contribution in [0.1, 0.15) is 17.5 Å². The lowest BCUT2D eigenvalue weighted by Gasteiger charge is -2.14. The standard InChI is InChI=1S/C22H21IN2O7S/c1-30-9-3-8-24-21(26)19(33-22(24)27)12-15-10-17(23)20(18(11-15)31-2)32-13-14-4-6-16(7-5-14)25(28)29/h4-7,10-12H,3,8-9,13H2,1-2H3/b19-12+. The first kappa shape index (κ1) is 25.0. The number of halogens is 1. The molecule has 2 aromatic rings. The Morgan fingerprint density at radius 3 is 2.55 bits per heavy atom. The summed E-state index contributed by atoms with van der Waals surface area (Å²) in [6.07, 6.45) is 2.24. The van der Waals surface area contributed by atoms with Gasteiger partial charge in [-0.2, -0.15) is 0 Å². The van der Waals surface area contributed by atoms with Crippen LogP contribution in [0.25, 0.3) is 6.08 Å². The van der Waals surface area contributed by atoms with Crippen molar-refractivity contribution in [2.24, 2.45) is 0 Å². The molecule has 1 aliphatic rings. The molecule has 0 radical (unpaired) electrons. The number of nitro groups is 1. The van der Waals surface area contributed by atoms with Crippen LogP contribution >= 0.6 is 34.4 Å². The number of carbonyl (C=O) groups is 2. The Morgan fingerprint density at radius 1 is 1.18 bits per heavy atom. The maximum atomic E-state index is 12.6. The van der Waals surface area contributed by atoms with Gasteiger partial charge in [-0.05, 0) is 82.2 Å². The molecular weight excluding hydrogens is 563 g/mol. The van der Waals surface area contributed by atoms with E-state index in [1.807, 2.05) is 6.07 Å². The number of hydrogen-bond acceptors (Lipinski definition) is 8. The molecule has 1 heterocycles.